The zero-order valence-electron chi connectivity index (χ0n) is 14.3. The molecule has 136 valence electrons. The van der Waals surface area contributed by atoms with Crippen LogP contribution < -0.4 is 10.6 Å². The Hall–Kier alpha value is -2.49. The minimum absolute atomic E-state index is 0.108. The van der Waals surface area contributed by atoms with Crippen molar-refractivity contribution in [3.63, 3.8) is 0 Å². The zero-order valence-corrected chi connectivity index (χ0v) is 16.8. The van der Waals surface area contributed by atoms with E-state index in [9.17, 15) is 4.79 Å². The van der Waals surface area contributed by atoms with E-state index in [-0.39, 0.29) is 11.7 Å². The maximum atomic E-state index is 12.2. The summed E-state index contributed by atoms with van der Waals surface area (Å²) in [5, 5.41) is 15.6. The average molecular weight is 414 g/mol. The Labute approximate surface area is 168 Å². The first kappa shape index (κ1) is 17.9. The lowest BCUT2D eigenvalue weighted by Crippen LogP contribution is -2.13. The molecule has 0 spiro atoms. The van der Waals surface area contributed by atoms with Crippen molar-refractivity contribution < 1.29 is 4.79 Å². The first-order valence-corrected chi connectivity index (χ1v) is 10.7. The number of fused-ring (bicyclic) bond motifs is 1. The normalized spacial score (nSPS) is 10.9. The van der Waals surface area contributed by atoms with Crippen molar-refractivity contribution in [2.75, 3.05) is 16.4 Å². The van der Waals surface area contributed by atoms with Gasteiger partial charge in [-0.3, -0.25) is 4.79 Å². The molecule has 4 rings (SSSR count). The molecule has 0 aliphatic heterocycles. The Morgan fingerprint density at radius 2 is 1.93 bits per heavy atom. The summed E-state index contributed by atoms with van der Waals surface area (Å²) in [4.78, 5) is 16.6. The molecule has 1 amide bonds. The van der Waals surface area contributed by atoms with Crippen molar-refractivity contribution in [1.82, 2.24) is 15.2 Å². The number of carbonyl (C=O) groups excluding carboxylic acids is 1. The van der Waals surface area contributed by atoms with Crippen LogP contribution >= 0.6 is 34.4 Å². The fraction of sp³-hybridized carbons (Fsp3) is 0.111. The van der Waals surface area contributed by atoms with E-state index in [2.05, 4.69) is 31.9 Å². The molecule has 2 N–H and O–H groups in total. The summed E-state index contributed by atoms with van der Waals surface area (Å²) in [7, 11) is 0. The quantitative estimate of drug-likeness (QED) is 0.436. The van der Waals surface area contributed by atoms with Gasteiger partial charge in [0.05, 0.1) is 16.0 Å². The van der Waals surface area contributed by atoms with Crippen LogP contribution in [0.2, 0.25) is 0 Å². The number of nitrogens with zero attached hydrogens (tertiary/aromatic N) is 3. The molecule has 0 saturated carbocycles. The average Bonchev–Trinajstić information content (AvgIpc) is 3.26. The van der Waals surface area contributed by atoms with E-state index in [1.165, 1.54) is 40.0 Å². The monoisotopic (exact) mass is 413 g/mol. The molecule has 2 aromatic carbocycles. The largest absolute Gasteiger partial charge is 0.330 e. The summed E-state index contributed by atoms with van der Waals surface area (Å²) in [6, 6.07) is 15.8. The summed E-state index contributed by atoms with van der Waals surface area (Å²) < 4.78 is 1.81. The van der Waals surface area contributed by atoms with Gasteiger partial charge in [0.2, 0.25) is 11.0 Å². The molecule has 9 heteroatoms. The third-order valence-corrected chi connectivity index (χ3v) is 6.45. The summed E-state index contributed by atoms with van der Waals surface area (Å²) in [6.07, 6.45) is 0. The van der Waals surface area contributed by atoms with Gasteiger partial charge >= 0.3 is 0 Å². The summed E-state index contributed by atoms with van der Waals surface area (Å²) in [5.41, 5.74) is 3.03. The third kappa shape index (κ3) is 4.62. The van der Waals surface area contributed by atoms with E-state index in [0.29, 0.717) is 10.3 Å². The molecule has 0 fully saturated rings. The molecule has 0 aliphatic rings. The fourth-order valence-corrected chi connectivity index (χ4v) is 4.88. The van der Waals surface area contributed by atoms with E-state index in [0.717, 1.165) is 20.2 Å². The Bertz CT molecular complexity index is 1080. The molecule has 6 nitrogen and oxygen atoms in total. The summed E-state index contributed by atoms with van der Waals surface area (Å²) in [6.45, 7) is 2.04. The van der Waals surface area contributed by atoms with Gasteiger partial charge in [-0.2, -0.15) is 0 Å². The van der Waals surface area contributed by atoms with Crippen LogP contribution in [0.25, 0.3) is 10.2 Å². The minimum atomic E-state index is -0.108. The number of hydrogen-bond acceptors (Lipinski definition) is 8. The van der Waals surface area contributed by atoms with Gasteiger partial charge in [0.15, 0.2) is 9.47 Å². The van der Waals surface area contributed by atoms with Crippen LogP contribution in [-0.2, 0) is 4.79 Å². The topological polar surface area (TPSA) is 79.8 Å². The number of amides is 1. The van der Waals surface area contributed by atoms with Gasteiger partial charge in [0.25, 0.3) is 0 Å². The number of anilines is 3. The molecular formula is C18H15N5OS3. The Morgan fingerprint density at radius 1 is 1.07 bits per heavy atom. The Balaban J connectivity index is 1.32. The highest BCUT2D eigenvalue weighted by molar-refractivity contribution is 8.01. The number of thiazole rings is 1. The molecular weight excluding hydrogens is 398 g/mol. The molecule has 0 aliphatic carbocycles. The van der Waals surface area contributed by atoms with E-state index < -0.39 is 0 Å². The number of hydrogen-bond donors (Lipinski definition) is 2. The van der Waals surface area contributed by atoms with Crippen LogP contribution in [0, 0.1) is 6.92 Å². The molecule has 2 aromatic heterocycles. The standard InChI is InChI=1S/C18H15N5OS3/c1-11-7-8-13-14(9-11)26-16(20-13)21-15(24)10-25-18-23-22-17(27-18)19-12-5-3-2-4-6-12/h2-9H,10H2,1H3,(H,19,22)(H,20,21,24). The molecule has 27 heavy (non-hydrogen) atoms. The van der Waals surface area contributed by atoms with Gasteiger partial charge in [-0.1, -0.05) is 58.7 Å². The fourth-order valence-electron chi connectivity index (χ4n) is 2.33. The van der Waals surface area contributed by atoms with Crippen LogP contribution in [0.3, 0.4) is 0 Å². The van der Waals surface area contributed by atoms with Crippen molar-refractivity contribution in [3.05, 3.63) is 54.1 Å². The number of aromatic nitrogens is 3. The molecule has 2 heterocycles. The molecule has 0 radical (unpaired) electrons. The number of para-hydroxylation sites is 1. The lowest BCUT2D eigenvalue weighted by molar-refractivity contribution is -0.113. The first-order valence-electron chi connectivity index (χ1n) is 8.11. The zero-order chi connectivity index (χ0) is 18.6. The van der Waals surface area contributed by atoms with Crippen LogP contribution in [0.15, 0.2) is 52.9 Å². The van der Waals surface area contributed by atoms with Crippen molar-refractivity contribution in [2.45, 2.75) is 11.3 Å². The molecule has 0 unspecified atom stereocenters. The van der Waals surface area contributed by atoms with Crippen LogP contribution in [-0.4, -0.2) is 26.8 Å². The summed E-state index contributed by atoms with van der Waals surface area (Å²) >= 11 is 4.26. The highest BCUT2D eigenvalue weighted by Crippen LogP contribution is 2.29. The number of aryl methyl sites for hydroxylation is 1. The second-order valence-corrected chi connectivity index (χ2v) is 8.92. The maximum Gasteiger partial charge on any atom is 0.236 e. The van der Waals surface area contributed by atoms with Crippen molar-refractivity contribution >= 4 is 66.5 Å². The van der Waals surface area contributed by atoms with Crippen LogP contribution in [0.1, 0.15) is 5.56 Å². The van der Waals surface area contributed by atoms with Crippen LogP contribution in [0.4, 0.5) is 16.0 Å². The number of benzene rings is 2. The van der Waals surface area contributed by atoms with E-state index >= 15 is 0 Å². The van der Waals surface area contributed by atoms with Gasteiger partial charge in [0.1, 0.15) is 0 Å². The Morgan fingerprint density at radius 3 is 2.78 bits per heavy atom. The van der Waals surface area contributed by atoms with Gasteiger partial charge in [0, 0.05) is 5.69 Å². The molecule has 4 aromatic rings. The molecule has 0 saturated heterocycles. The predicted molar refractivity (Wildman–Crippen MR) is 113 cm³/mol. The number of rotatable bonds is 6. The van der Waals surface area contributed by atoms with Crippen molar-refractivity contribution in [2.24, 2.45) is 0 Å². The SMILES string of the molecule is Cc1ccc2nc(NC(=O)CSc3nnc(Nc4ccccc4)s3)sc2c1. The Kier molecular flexibility index (Phi) is 5.33. The third-order valence-electron chi connectivity index (χ3n) is 3.55. The van der Waals surface area contributed by atoms with Crippen molar-refractivity contribution in [3.8, 4) is 0 Å². The maximum absolute atomic E-state index is 12.2. The number of carbonyl (C=O) groups is 1. The predicted octanol–water partition coefficient (Wildman–Crippen LogP) is 4.93. The molecule has 0 atom stereocenters. The highest BCUT2D eigenvalue weighted by Gasteiger charge is 2.11. The van der Waals surface area contributed by atoms with Crippen LogP contribution in [0.5, 0.6) is 0 Å². The highest BCUT2D eigenvalue weighted by atomic mass is 32.2. The summed E-state index contributed by atoms with van der Waals surface area (Å²) in [5.74, 6) is 0.151. The number of thioether (sulfide) groups is 1. The van der Waals surface area contributed by atoms with E-state index in [1.807, 2.05) is 49.4 Å². The van der Waals surface area contributed by atoms with Gasteiger partial charge < -0.3 is 10.6 Å². The second kappa shape index (κ2) is 8.03. The minimum Gasteiger partial charge on any atom is -0.330 e. The van der Waals surface area contributed by atoms with Crippen molar-refractivity contribution in [1.29, 1.82) is 0 Å². The van der Waals surface area contributed by atoms with Gasteiger partial charge in [-0.05, 0) is 36.8 Å². The number of nitrogens with one attached hydrogen (secondary N) is 2. The van der Waals surface area contributed by atoms with E-state index in [1.54, 1.807) is 0 Å². The first-order chi connectivity index (χ1) is 13.2. The lowest BCUT2D eigenvalue weighted by Gasteiger charge is -2.00. The second-order valence-electron chi connectivity index (χ2n) is 5.69. The smallest absolute Gasteiger partial charge is 0.236 e. The van der Waals surface area contributed by atoms with E-state index in [4.69, 9.17) is 0 Å². The molecule has 0 bridgehead atoms. The lowest BCUT2D eigenvalue weighted by atomic mass is 10.2. The van der Waals surface area contributed by atoms with Gasteiger partial charge in [-0.15, -0.1) is 10.2 Å². The van der Waals surface area contributed by atoms with Gasteiger partial charge in [-0.25, -0.2) is 4.98 Å².